The quantitative estimate of drug-likeness (QED) is 0.342. The monoisotopic (exact) mass is 519 g/mol. The van der Waals surface area contributed by atoms with Crippen molar-refractivity contribution in [1.82, 2.24) is 10.2 Å². The van der Waals surface area contributed by atoms with Gasteiger partial charge in [-0.05, 0) is 11.5 Å². The molecule has 11 heteroatoms. The lowest BCUT2D eigenvalue weighted by atomic mass is 9.99. The van der Waals surface area contributed by atoms with Crippen molar-refractivity contribution in [1.29, 1.82) is 0 Å². The Bertz CT molecular complexity index is 968. The predicted molar refractivity (Wildman–Crippen MR) is 133 cm³/mol. The molecule has 2 rings (SSSR count). The van der Waals surface area contributed by atoms with E-state index in [1.165, 1.54) is 11.8 Å². The molecule has 0 aliphatic carbocycles. The molecule has 2 amide bonds. The van der Waals surface area contributed by atoms with Crippen LogP contribution in [-0.2, 0) is 39.9 Å². The fourth-order valence-electron chi connectivity index (χ4n) is 4.28. The SMILES string of the molecule is CCC(=O)N[C@@H](Cc1ccccc1)C(=O)O[C@@H](CC(=O)O)[C@@H]1[C@H](OC(C)=O)CCN1C(=O)[C@@H](N)C(C)C. The summed E-state index contributed by atoms with van der Waals surface area (Å²) in [5.74, 6) is -3.79. The van der Waals surface area contributed by atoms with Gasteiger partial charge in [0.25, 0.3) is 0 Å². The van der Waals surface area contributed by atoms with Gasteiger partial charge in [0.05, 0.1) is 12.5 Å². The second-order valence-corrected chi connectivity index (χ2v) is 9.47. The summed E-state index contributed by atoms with van der Waals surface area (Å²) >= 11 is 0. The van der Waals surface area contributed by atoms with E-state index in [9.17, 15) is 29.1 Å². The molecule has 0 saturated carbocycles. The van der Waals surface area contributed by atoms with Gasteiger partial charge in [-0.15, -0.1) is 0 Å². The Kier molecular flexibility index (Phi) is 11.0. The number of carbonyl (C=O) groups excluding carboxylic acids is 4. The van der Waals surface area contributed by atoms with Crippen LogP contribution in [0.25, 0.3) is 0 Å². The summed E-state index contributed by atoms with van der Waals surface area (Å²) in [5.41, 5.74) is 6.84. The van der Waals surface area contributed by atoms with Crippen molar-refractivity contribution in [2.75, 3.05) is 6.54 Å². The molecule has 1 aromatic carbocycles. The van der Waals surface area contributed by atoms with E-state index in [0.717, 1.165) is 5.56 Å². The molecule has 0 unspecified atom stereocenters. The van der Waals surface area contributed by atoms with Gasteiger partial charge in [0.2, 0.25) is 11.8 Å². The van der Waals surface area contributed by atoms with E-state index in [1.54, 1.807) is 45.0 Å². The predicted octanol–water partition coefficient (Wildman–Crippen LogP) is 1.03. The van der Waals surface area contributed by atoms with E-state index in [2.05, 4.69) is 5.32 Å². The molecule has 4 N–H and O–H groups in total. The summed E-state index contributed by atoms with van der Waals surface area (Å²) in [7, 11) is 0. The molecule has 1 aliphatic heterocycles. The first-order chi connectivity index (χ1) is 17.4. The molecule has 0 radical (unpaired) electrons. The second kappa shape index (κ2) is 13.7. The highest BCUT2D eigenvalue weighted by Gasteiger charge is 2.47. The minimum Gasteiger partial charge on any atom is -0.481 e. The van der Waals surface area contributed by atoms with E-state index < -0.39 is 60.6 Å². The molecule has 11 nitrogen and oxygen atoms in total. The molecule has 1 saturated heterocycles. The normalized spacial score (nSPS) is 19.6. The van der Waals surface area contributed by atoms with Crippen molar-refractivity contribution in [2.24, 2.45) is 11.7 Å². The molecule has 1 aliphatic rings. The summed E-state index contributed by atoms with van der Waals surface area (Å²) in [6.07, 6.45) is -2.41. The van der Waals surface area contributed by atoms with Gasteiger partial charge in [0, 0.05) is 32.7 Å². The Labute approximate surface area is 216 Å². The number of benzene rings is 1. The van der Waals surface area contributed by atoms with Crippen molar-refractivity contribution in [3.8, 4) is 0 Å². The van der Waals surface area contributed by atoms with Gasteiger partial charge < -0.3 is 30.5 Å². The number of rotatable bonds is 12. The number of carbonyl (C=O) groups is 5. The smallest absolute Gasteiger partial charge is 0.329 e. The zero-order chi connectivity index (χ0) is 27.7. The summed E-state index contributed by atoms with van der Waals surface area (Å²) in [6, 6.07) is 5.93. The van der Waals surface area contributed by atoms with Crippen LogP contribution in [0.4, 0.5) is 0 Å². The molecule has 37 heavy (non-hydrogen) atoms. The molecule has 204 valence electrons. The summed E-state index contributed by atoms with van der Waals surface area (Å²) < 4.78 is 11.1. The van der Waals surface area contributed by atoms with Gasteiger partial charge in [0.15, 0.2) is 0 Å². The second-order valence-electron chi connectivity index (χ2n) is 9.47. The molecular weight excluding hydrogens is 482 g/mol. The number of nitrogens with two attached hydrogens (primary N) is 1. The lowest BCUT2D eigenvalue weighted by Crippen LogP contribution is -2.56. The molecule has 5 atom stereocenters. The van der Waals surface area contributed by atoms with E-state index >= 15 is 0 Å². The third-order valence-corrected chi connectivity index (χ3v) is 6.25. The third-order valence-electron chi connectivity index (χ3n) is 6.25. The molecule has 0 spiro atoms. The Morgan fingerprint density at radius 2 is 1.81 bits per heavy atom. The number of nitrogens with zero attached hydrogens (tertiary/aromatic N) is 1. The lowest BCUT2D eigenvalue weighted by molar-refractivity contribution is -0.167. The van der Waals surface area contributed by atoms with Crippen LogP contribution in [0.2, 0.25) is 0 Å². The summed E-state index contributed by atoms with van der Waals surface area (Å²) in [4.78, 5) is 63.6. The fraction of sp³-hybridized carbons (Fsp3) is 0.577. The first-order valence-corrected chi connectivity index (χ1v) is 12.4. The number of carboxylic acids is 1. The van der Waals surface area contributed by atoms with Crippen molar-refractivity contribution in [3.05, 3.63) is 35.9 Å². The lowest BCUT2D eigenvalue weighted by Gasteiger charge is -2.35. The van der Waals surface area contributed by atoms with Crippen LogP contribution in [0.15, 0.2) is 30.3 Å². The van der Waals surface area contributed by atoms with Crippen molar-refractivity contribution in [2.45, 2.75) is 83.7 Å². The maximum atomic E-state index is 13.3. The highest BCUT2D eigenvalue weighted by molar-refractivity contribution is 5.85. The first kappa shape index (κ1) is 29.8. The number of hydrogen-bond acceptors (Lipinski definition) is 8. The average Bonchev–Trinajstić information content (AvgIpc) is 3.24. The number of carboxylic acid groups (broad SMARTS) is 1. The van der Waals surface area contributed by atoms with Gasteiger partial charge in [-0.3, -0.25) is 19.2 Å². The molecule has 0 bridgehead atoms. The Hall–Kier alpha value is -3.47. The van der Waals surface area contributed by atoms with Crippen LogP contribution >= 0.6 is 0 Å². The van der Waals surface area contributed by atoms with Crippen LogP contribution in [0, 0.1) is 5.92 Å². The van der Waals surface area contributed by atoms with E-state index in [-0.39, 0.29) is 37.6 Å². The average molecular weight is 520 g/mol. The number of amides is 2. The Morgan fingerprint density at radius 3 is 2.35 bits per heavy atom. The van der Waals surface area contributed by atoms with Gasteiger partial charge >= 0.3 is 17.9 Å². The zero-order valence-electron chi connectivity index (χ0n) is 21.7. The van der Waals surface area contributed by atoms with Crippen molar-refractivity contribution < 1.29 is 38.6 Å². The van der Waals surface area contributed by atoms with Crippen LogP contribution in [-0.4, -0.2) is 76.6 Å². The van der Waals surface area contributed by atoms with E-state index in [4.69, 9.17) is 15.2 Å². The fourth-order valence-corrected chi connectivity index (χ4v) is 4.28. The van der Waals surface area contributed by atoms with Crippen LogP contribution in [0.5, 0.6) is 0 Å². The van der Waals surface area contributed by atoms with Crippen LogP contribution in [0.1, 0.15) is 52.5 Å². The van der Waals surface area contributed by atoms with Crippen molar-refractivity contribution >= 4 is 29.7 Å². The van der Waals surface area contributed by atoms with Gasteiger partial charge in [0.1, 0.15) is 24.3 Å². The number of likely N-dealkylation sites (tertiary alicyclic amines) is 1. The van der Waals surface area contributed by atoms with Crippen molar-refractivity contribution in [3.63, 3.8) is 0 Å². The topological polar surface area (TPSA) is 165 Å². The Morgan fingerprint density at radius 1 is 1.16 bits per heavy atom. The molecule has 1 aromatic rings. The molecule has 1 fully saturated rings. The minimum atomic E-state index is -1.35. The molecular formula is C26H37N3O8. The highest BCUT2D eigenvalue weighted by atomic mass is 16.6. The number of nitrogens with one attached hydrogen (secondary N) is 1. The maximum Gasteiger partial charge on any atom is 0.329 e. The maximum absolute atomic E-state index is 13.3. The molecule has 0 aromatic heterocycles. The van der Waals surface area contributed by atoms with E-state index in [1.807, 2.05) is 6.07 Å². The highest BCUT2D eigenvalue weighted by Crippen LogP contribution is 2.29. The Balaban J connectivity index is 2.39. The number of ether oxygens (including phenoxy) is 2. The summed E-state index contributed by atoms with van der Waals surface area (Å²) in [6.45, 7) is 6.54. The number of esters is 2. The van der Waals surface area contributed by atoms with Crippen LogP contribution in [0.3, 0.4) is 0 Å². The summed E-state index contributed by atoms with van der Waals surface area (Å²) in [5, 5.41) is 12.2. The minimum absolute atomic E-state index is 0.115. The van der Waals surface area contributed by atoms with Crippen LogP contribution < -0.4 is 11.1 Å². The third kappa shape index (κ3) is 8.56. The van der Waals surface area contributed by atoms with Gasteiger partial charge in [-0.2, -0.15) is 0 Å². The number of hydrogen-bond donors (Lipinski definition) is 3. The largest absolute Gasteiger partial charge is 0.481 e. The molecule has 1 heterocycles. The number of aliphatic carboxylic acids is 1. The standard InChI is InChI=1S/C26H37N3O8/c1-5-21(31)28-18(13-17-9-7-6-8-10-17)26(35)37-20(14-22(32)33)24-19(36-16(4)30)11-12-29(24)25(34)23(27)15(2)3/h6-10,15,18-20,23-24H,5,11-14,27H2,1-4H3,(H,28,31)(H,32,33)/t18-,19+,20-,23-,24-/m0/s1. The van der Waals surface area contributed by atoms with Gasteiger partial charge in [-0.1, -0.05) is 51.1 Å². The van der Waals surface area contributed by atoms with E-state index in [0.29, 0.717) is 0 Å². The van der Waals surface area contributed by atoms with Gasteiger partial charge in [-0.25, -0.2) is 4.79 Å². The first-order valence-electron chi connectivity index (χ1n) is 12.4. The zero-order valence-corrected chi connectivity index (χ0v) is 21.7.